The minimum Gasteiger partial charge on any atom is -0.477 e. The van der Waals surface area contributed by atoms with Crippen LogP contribution in [0.1, 0.15) is 50.7 Å². The van der Waals surface area contributed by atoms with E-state index in [0.29, 0.717) is 33.2 Å². The number of fused-ring (bicyclic) bond motifs is 2. The van der Waals surface area contributed by atoms with Crippen LogP contribution >= 0.6 is 0 Å². The summed E-state index contributed by atoms with van der Waals surface area (Å²) in [5.74, 6) is -2.84. The number of aliphatic hydroxyl groups is 2. The number of aromatic nitrogens is 6. The Kier molecular flexibility index (Phi) is 14.0. The zero-order valence-electron chi connectivity index (χ0n) is 35.8. The Labute approximate surface area is 388 Å². The number of hydrogen-bond donors (Lipinski definition) is 3. The minimum absolute atomic E-state index is 0. The third-order valence-corrected chi connectivity index (χ3v) is 11.1. The van der Waals surface area contributed by atoms with E-state index in [1.54, 1.807) is 0 Å². The summed E-state index contributed by atoms with van der Waals surface area (Å²) in [6.07, 6.45) is -2.75. The van der Waals surface area contributed by atoms with Crippen molar-refractivity contribution >= 4 is 33.7 Å². The molecular weight excluding hydrogens is 919 g/mol. The van der Waals surface area contributed by atoms with Gasteiger partial charge in [0.2, 0.25) is 11.2 Å². The van der Waals surface area contributed by atoms with E-state index < -0.39 is 75.0 Å². The first-order chi connectivity index (χ1) is 32.0. The van der Waals surface area contributed by atoms with E-state index in [1.807, 2.05) is 0 Å². The molecule has 4 aromatic heterocycles. The van der Waals surface area contributed by atoms with Gasteiger partial charge >= 0.3 is 18.3 Å². The van der Waals surface area contributed by atoms with Crippen molar-refractivity contribution in [3.63, 3.8) is 0 Å². The van der Waals surface area contributed by atoms with E-state index in [-0.39, 0.29) is 26.2 Å². The summed E-state index contributed by atoms with van der Waals surface area (Å²) in [5, 5.41) is 40.5. The lowest BCUT2D eigenvalue weighted by Gasteiger charge is -2.30. The molecule has 1 amide bonds. The molecule has 2 atom stereocenters. The Morgan fingerprint density at radius 1 is 0.609 bits per heavy atom. The highest BCUT2D eigenvalue weighted by Gasteiger charge is 2.58. The number of rotatable bonds is 12. The summed E-state index contributed by atoms with van der Waals surface area (Å²) in [4.78, 5) is 25.3. The zero-order valence-corrected chi connectivity index (χ0v) is 35.8. The smallest absolute Gasteiger partial charge is 0.425 e. The molecule has 8 aromatic rings. The van der Waals surface area contributed by atoms with E-state index >= 15 is 0 Å². The van der Waals surface area contributed by atoms with E-state index in [0.717, 1.165) is 47.3 Å². The molecule has 8 rings (SSSR count). The van der Waals surface area contributed by atoms with Gasteiger partial charge < -0.3 is 29.4 Å². The third kappa shape index (κ3) is 9.27. The van der Waals surface area contributed by atoms with Crippen molar-refractivity contribution in [3.05, 3.63) is 192 Å². The van der Waals surface area contributed by atoms with Crippen molar-refractivity contribution in [2.45, 2.75) is 44.1 Å². The van der Waals surface area contributed by atoms with Gasteiger partial charge in [0.15, 0.2) is 0 Å². The van der Waals surface area contributed by atoms with Crippen molar-refractivity contribution in [2.24, 2.45) is 0 Å². The monoisotopic (exact) mass is 961 g/mol. The van der Waals surface area contributed by atoms with Crippen LogP contribution in [0.15, 0.2) is 147 Å². The van der Waals surface area contributed by atoms with Gasteiger partial charge in [-0.2, -0.15) is 36.5 Å². The number of carboxylic acids is 1. The molecule has 0 bridgehead atoms. The molecule has 0 fully saturated rings. The first kappa shape index (κ1) is 50.6. The molecule has 0 aliphatic carbocycles. The molecule has 4 aromatic carbocycles. The number of allylic oxidation sites excluding steroid dienone is 2. The normalized spacial score (nSPS) is 13.4. The highest BCUT2D eigenvalue weighted by Crippen LogP contribution is 2.47. The highest BCUT2D eigenvalue weighted by atomic mass is 19.4. The molecule has 0 aliphatic heterocycles. The number of nitrogens with zero attached hydrogens (tertiary/aromatic N) is 7. The van der Waals surface area contributed by atoms with E-state index in [2.05, 4.69) is 23.4 Å². The molecule has 4 heterocycles. The number of halogens is 8. The average Bonchev–Trinajstić information content (AvgIpc) is 4.11. The summed E-state index contributed by atoms with van der Waals surface area (Å²) in [6.45, 7) is 7.08. The van der Waals surface area contributed by atoms with Crippen LogP contribution in [0.5, 0.6) is 0 Å². The second-order valence-electron chi connectivity index (χ2n) is 15.6. The maximum atomic E-state index is 14.4. The quantitative estimate of drug-likeness (QED) is 0.0817. The van der Waals surface area contributed by atoms with Crippen molar-refractivity contribution in [3.8, 4) is 11.4 Å². The lowest BCUT2D eigenvalue weighted by Crippen LogP contribution is -2.43. The Morgan fingerprint density at radius 3 is 1.33 bits per heavy atom. The highest BCUT2D eigenvalue weighted by molar-refractivity contribution is 5.93. The van der Waals surface area contributed by atoms with Gasteiger partial charge in [0.05, 0.1) is 34.8 Å². The van der Waals surface area contributed by atoms with Crippen LogP contribution in [0.4, 0.5) is 35.1 Å². The number of benzene rings is 4. The van der Waals surface area contributed by atoms with Crippen LogP contribution < -0.4 is 0 Å². The van der Waals surface area contributed by atoms with Crippen molar-refractivity contribution in [1.29, 1.82) is 0 Å². The van der Waals surface area contributed by atoms with E-state index in [4.69, 9.17) is 0 Å². The first-order valence-electron chi connectivity index (χ1n) is 20.2. The molecule has 20 heteroatoms. The summed E-state index contributed by atoms with van der Waals surface area (Å²) in [7, 11) is 2.96. The van der Waals surface area contributed by atoms with Crippen molar-refractivity contribution in [1.82, 2.24) is 33.6 Å². The predicted octanol–water partition coefficient (Wildman–Crippen LogP) is 9.94. The van der Waals surface area contributed by atoms with Crippen LogP contribution in [0.25, 0.3) is 33.2 Å². The van der Waals surface area contributed by atoms with Gasteiger partial charge in [0.25, 0.3) is 5.91 Å². The fraction of sp³-hybridized carbons (Fsp3) is 0.184. The predicted molar refractivity (Wildman–Crippen MR) is 241 cm³/mol. The Bertz CT molecular complexity index is 3190. The Balaban J connectivity index is 0.000000224. The molecular formula is C49H43F8N7O5. The van der Waals surface area contributed by atoms with E-state index in [1.165, 1.54) is 124 Å². The van der Waals surface area contributed by atoms with Gasteiger partial charge in [-0.3, -0.25) is 4.79 Å². The molecule has 0 radical (unpaired) electrons. The Hall–Kier alpha value is -7.84. The molecule has 360 valence electrons. The number of amides is 1. The standard InChI is InChI=1S/C25H22F4N4O2.C23H17F4N3O3.CH4/c1-4-11-32-15-18(13-22(32)23(34)31(2)3)24(35,25(27,28)29)17-5-10-21-16(12-17)14-30-33(21)20-8-6-19(26)7-9-20;1-2-9-29-13-16(11-20(29)21(31)32)22(33,23(25,26)27)15-3-8-19-14(10-15)12-28-30(19)18-6-4-17(24)5-7-18;/h4-10,12-15,35H,1,11H2,2-3H3;2-8,10-13,33H,1,9H2,(H,31,32);1H4. The van der Waals surface area contributed by atoms with Gasteiger partial charge in [-0.1, -0.05) is 31.7 Å². The molecule has 12 nitrogen and oxygen atoms in total. The van der Waals surface area contributed by atoms with E-state index in [9.17, 15) is 60.0 Å². The molecule has 2 unspecified atom stereocenters. The summed E-state index contributed by atoms with van der Waals surface area (Å²) in [6, 6.07) is 20.1. The van der Waals surface area contributed by atoms with Crippen LogP contribution in [-0.2, 0) is 24.3 Å². The number of aromatic carboxylic acids is 1. The summed E-state index contributed by atoms with van der Waals surface area (Å²) < 4.78 is 118. The van der Waals surface area contributed by atoms with Crippen LogP contribution in [0.3, 0.4) is 0 Å². The number of hydrogen-bond acceptors (Lipinski definition) is 6. The van der Waals surface area contributed by atoms with Crippen molar-refractivity contribution < 1.29 is 60.0 Å². The van der Waals surface area contributed by atoms with Crippen molar-refractivity contribution in [2.75, 3.05) is 14.1 Å². The Morgan fingerprint density at radius 2 is 0.986 bits per heavy atom. The van der Waals surface area contributed by atoms with Gasteiger partial charge in [0.1, 0.15) is 23.0 Å². The fourth-order valence-electron chi connectivity index (χ4n) is 7.66. The second-order valence-corrected chi connectivity index (χ2v) is 15.6. The SMILES string of the molecule is C.C=CCn1cc(C(O)(c2ccc3c(cnn3-c3ccc(F)cc3)c2)C(F)(F)F)cc1C(=O)N(C)C.C=CCn1cc(C(O)(c2ccc3c(cnn3-c3ccc(F)cc3)c2)C(F)(F)F)cc1C(=O)O. The lowest BCUT2D eigenvalue weighted by atomic mass is 9.86. The average molecular weight is 962 g/mol. The minimum atomic E-state index is -5.16. The number of carbonyl (C=O) groups is 2. The number of carboxylic acid groups (broad SMARTS) is 1. The molecule has 0 saturated carbocycles. The topological polar surface area (TPSA) is 144 Å². The van der Waals surface area contributed by atoms with Crippen LogP contribution in [-0.4, -0.2) is 87.2 Å². The largest absolute Gasteiger partial charge is 0.477 e. The number of alkyl halides is 6. The summed E-state index contributed by atoms with van der Waals surface area (Å²) >= 11 is 0. The molecule has 0 spiro atoms. The lowest BCUT2D eigenvalue weighted by molar-refractivity contribution is -0.248. The molecule has 69 heavy (non-hydrogen) atoms. The zero-order chi connectivity index (χ0) is 49.5. The summed E-state index contributed by atoms with van der Waals surface area (Å²) in [5.41, 5.74) is -7.46. The van der Waals surface area contributed by atoms with Gasteiger partial charge in [-0.25, -0.2) is 22.9 Å². The van der Waals surface area contributed by atoms with Crippen LogP contribution in [0.2, 0.25) is 0 Å². The van der Waals surface area contributed by atoms with Crippen LogP contribution in [0, 0.1) is 11.6 Å². The maximum Gasteiger partial charge on any atom is 0.425 e. The van der Waals surface area contributed by atoms with Gasteiger partial charge in [-0.05, 0) is 96.1 Å². The second kappa shape index (κ2) is 19.0. The van der Waals surface area contributed by atoms with Gasteiger partial charge in [-0.15, -0.1) is 13.2 Å². The first-order valence-corrected chi connectivity index (χ1v) is 20.2. The fourth-order valence-corrected chi connectivity index (χ4v) is 7.66. The number of carbonyl (C=O) groups excluding carboxylic acids is 1. The maximum absolute atomic E-state index is 14.4. The molecule has 0 aliphatic rings. The molecule has 0 saturated heterocycles. The molecule has 3 N–H and O–H groups in total. The third-order valence-electron chi connectivity index (χ3n) is 11.1. The van der Waals surface area contributed by atoms with Gasteiger partial charge in [0, 0.05) is 61.5 Å².